The second-order valence-electron chi connectivity index (χ2n) is 4.28. The van der Waals surface area contributed by atoms with E-state index in [2.05, 4.69) is 5.32 Å². The Labute approximate surface area is 107 Å². The molecule has 3 nitrogen and oxygen atoms in total. The van der Waals surface area contributed by atoms with Crippen LogP contribution in [0.4, 0.5) is 5.69 Å². The molecule has 17 heavy (non-hydrogen) atoms. The molecule has 0 aliphatic carbocycles. The predicted octanol–water partition coefficient (Wildman–Crippen LogP) is 3.10. The maximum atomic E-state index is 12.1. The zero-order chi connectivity index (χ0) is 13.1. The van der Waals surface area contributed by atoms with Crippen molar-refractivity contribution in [3.05, 3.63) is 28.8 Å². The Hall–Kier alpha value is -1.06. The van der Waals surface area contributed by atoms with Gasteiger partial charge in [0.2, 0.25) is 5.91 Å². The lowest BCUT2D eigenvalue weighted by Gasteiger charge is -2.25. The lowest BCUT2D eigenvalue weighted by molar-refractivity contribution is -0.121. The first-order valence-electron chi connectivity index (χ1n) is 5.79. The highest BCUT2D eigenvalue weighted by molar-refractivity contribution is 6.30. The second-order valence-corrected chi connectivity index (χ2v) is 4.71. The summed E-state index contributed by atoms with van der Waals surface area (Å²) >= 11 is 5.86. The molecule has 0 spiro atoms. The maximum absolute atomic E-state index is 12.1. The standard InChI is InChI=1S/C13H19ClN2O/c1-4-13(15,5-2)12(17)16-11-7-6-10(14)8-9(11)3/h6-8H,4-5,15H2,1-3H3,(H,16,17). The van der Waals surface area contributed by atoms with Gasteiger partial charge in [0, 0.05) is 10.7 Å². The van der Waals surface area contributed by atoms with E-state index in [4.69, 9.17) is 17.3 Å². The number of hydrogen-bond acceptors (Lipinski definition) is 2. The lowest BCUT2D eigenvalue weighted by Crippen LogP contribution is -2.50. The summed E-state index contributed by atoms with van der Waals surface area (Å²) in [6.07, 6.45) is 1.23. The molecule has 0 saturated carbocycles. The third-order valence-electron chi connectivity index (χ3n) is 3.15. The van der Waals surface area contributed by atoms with Crippen LogP contribution in [0, 0.1) is 6.92 Å². The molecular weight excluding hydrogens is 236 g/mol. The van der Waals surface area contributed by atoms with Crippen LogP contribution >= 0.6 is 11.6 Å². The average molecular weight is 255 g/mol. The summed E-state index contributed by atoms with van der Waals surface area (Å²) in [7, 11) is 0. The van der Waals surface area contributed by atoms with E-state index in [1.54, 1.807) is 12.1 Å². The van der Waals surface area contributed by atoms with Crippen LogP contribution in [-0.2, 0) is 4.79 Å². The molecule has 1 aromatic carbocycles. The summed E-state index contributed by atoms with van der Waals surface area (Å²) in [5.41, 5.74) is 6.92. The Morgan fingerprint density at radius 2 is 2.00 bits per heavy atom. The Morgan fingerprint density at radius 1 is 1.41 bits per heavy atom. The van der Waals surface area contributed by atoms with Gasteiger partial charge in [-0.2, -0.15) is 0 Å². The number of nitrogens with two attached hydrogens (primary N) is 1. The number of benzene rings is 1. The first kappa shape index (κ1) is 14.0. The van der Waals surface area contributed by atoms with E-state index in [0.717, 1.165) is 11.3 Å². The van der Waals surface area contributed by atoms with Crippen LogP contribution in [0.1, 0.15) is 32.3 Å². The van der Waals surface area contributed by atoms with E-state index in [1.165, 1.54) is 0 Å². The molecule has 0 atom stereocenters. The molecule has 94 valence electrons. The molecule has 0 fully saturated rings. The maximum Gasteiger partial charge on any atom is 0.244 e. The number of nitrogens with one attached hydrogen (secondary N) is 1. The van der Waals surface area contributed by atoms with Gasteiger partial charge in [0.25, 0.3) is 0 Å². The molecule has 0 unspecified atom stereocenters. The Morgan fingerprint density at radius 3 is 2.47 bits per heavy atom. The lowest BCUT2D eigenvalue weighted by atomic mass is 9.93. The van der Waals surface area contributed by atoms with Crippen LogP contribution in [0.2, 0.25) is 5.02 Å². The fourth-order valence-corrected chi connectivity index (χ4v) is 1.81. The number of anilines is 1. The van der Waals surface area contributed by atoms with Gasteiger partial charge in [0.15, 0.2) is 0 Å². The van der Waals surface area contributed by atoms with Crippen LogP contribution in [0.3, 0.4) is 0 Å². The van der Waals surface area contributed by atoms with E-state index in [-0.39, 0.29) is 5.91 Å². The van der Waals surface area contributed by atoms with Gasteiger partial charge in [-0.15, -0.1) is 0 Å². The minimum atomic E-state index is -0.800. The molecule has 1 aromatic rings. The molecule has 4 heteroatoms. The summed E-state index contributed by atoms with van der Waals surface area (Å²) in [4.78, 5) is 12.1. The molecular formula is C13H19ClN2O. The van der Waals surface area contributed by atoms with Crippen molar-refractivity contribution < 1.29 is 4.79 Å². The Bertz CT molecular complexity index is 414. The van der Waals surface area contributed by atoms with Crippen molar-refractivity contribution in [2.24, 2.45) is 5.73 Å². The van der Waals surface area contributed by atoms with Gasteiger partial charge in [0.1, 0.15) is 0 Å². The minimum absolute atomic E-state index is 0.145. The molecule has 0 saturated heterocycles. The van der Waals surface area contributed by atoms with Crippen LogP contribution in [0.5, 0.6) is 0 Å². The highest BCUT2D eigenvalue weighted by atomic mass is 35.5. The SMILES string of the molecule is CCC(N)(CC)C(=O)Nc1ccc(Cl)cc1C. The number of carbonyl (C=O) groups is 1. The summed E-state index contributed by atoms with van der Waals surface area (Å²) in [6.45, 7) is 5.73. The summed E-state index contributed by atoms with van der Waals surface area (Å²) < 4.78 is 0. The summed E-state index contributed by atoms with van der Waals surface area (Å²) in [5, 5.41) is 3.52. The average Bonchev–Trinajstić information content (AvgIpc) is 2.31. The minimum Gasteiger partial charge on any atom is -0.324 e. The van der Waals surface area contributed by atoms with Crippen molar-refractivity contribution in [1.29, 1.82) is 0 Å². The van der Waals surface area contributed by atoms with Gasteiger partial charge in [0.05, 0.1) is 5.54 Å². The number of amides is 1. The van der Waals surface area contributed by atoms with Crippen molar-refractivity contribution in [2.45, 2.75) is 39.2 Å². The van der Waals surface area contributed by atoms with Crippen LogP contribution in [0.15, 0.2) is 18.2 Å². The van der Waals surface area contributed by atoms with Crippen LogP contribution in [0.25, 0.3) is 0 Å². The molecule has 0 aromatic heterocycles. The number of hydrogen-bond donors (Lipinski definition) is 2. The van der Waals surface area contributed by atoms with Gasteiger partial charge in [-0.25, -0.2) is 0 Å². The molecule has 0 heterocycles. The third kappa shape index (κ3) is 3.20. The molecule has 1 amide bonds. The largest absolute Gasteiger partial charge is 0.324 e. The van der Waals surface area contributed by atoms with Crippen molar-refractivity contribution >= 4 is 23.2 Å². The van der Waals surface area contributed by atoms with Gasteiger partial charge in [-0.3, -0.25) is 4.79 Å². The van der Waals surface area contributed by atoms with Crippen molar-refractivity contribution in [3.63, 3.8) is 0 Å². The second kappa shape index (κ2) is 5.52. The zero-order valence-corrected chi connectivity index (χ0v) is 11.3. The van der Waals surface area contributed by atoms with Gasteiger partial charge in [-0.05, 0) is 43.5 Å². The van der Waals surface area contributed by atoms with Crippen molar-refractivity contribution in [3.8, 4) is 0 Å². The normalized spacial score (nSPS) is 11.4. The molecule has 0 radical (unpaired) electrons. The number of aryl methyl sites for hydroxylation is 1. The van der Waals surface area contributed by atoms with Crippen molar-refractivity contribution in [1.82, 2.24) is 0 Å². The molecule has 0 aliphatic heterocycles. The number of rotatable bonds is 4. The van der Waals surface area contributed by atoms with E-state index in [0.29, 0.717) is 17.9 Å². The summed E-state index contributed by atoms with van der Waals surface area (Å²) in [6, 6.07) is 5.36. The van der Waals surface area contributed by atoms with Crippen LogP contribution < -0.4 is 11.1 Å². The van der Waals surface area contributed by atoms with E-state index >= 15 is 0 Å². The molecule has 1 rings (SSSR count). The Balaban J connectivity index is 2.88. The van der Waals surface area contributed by atoms with Gasteiger partial charge in [-0.1, -0.05) is 25.4 Å². The molecule has 0 aliphatic rings. The third-order valence-corrected chi connectivity index (χ3v) is 3.39. The molecule has 0 bridgehead atoms. The highest BCUT2D eigenvalue weighted by Crippen LogP contribution is 2.21. The van der Waals surface area contributed by atoms with Crippen molar-refractivity contribution in [2.75, 3.05) is 5.32 Å². The smallest absolute Gasteiger partial charge is 0.244 e. The Kier molecular flexibility index (Phi) is 4.54. The van der Waals surface area contributed by atoms with E-state index < -0.39 is 5.54 Å². The first-order chi connectivity index (χ1) is 7.92. The quantitative estimate of drug-likeness (QED) is 0.868. The van der Waals surface area contributed by atoms with Gasteiger partial charge < -0.3 is 11.1 Å². The van der Waals surface area contributed by atoms with Gasteiger partial charge >= 0.3 is 0 Å². The fraction of sp³-hybridized carbons (Fsp3) is 0.462. The summed E-state index contributed by atoms with van der Waals surface area (Å²) in [5.74, 6) is -0.145. The predicted molar refractivity (Wildman–Crippen MR) is 72.3 cm³/mol. The van der Waals surface area contributed by atoms with E-state index in [9.17, 15) is 4.79 Å². The number of halogens is 1. The topological polar surface area (TPSA) is 55.1 Å². The first-order valence-corrected chi connectivity index (χ1v) is 6.17. The fourth-order valence-electron chi connectivity index (χ4n) is 1.59. The highest BCUT2D eigenvalue weighted by Gasteiger charge is 2.29. The number of carbonyl (C=O) groups excluding carboxylic acids is 1. The molecule has 3 N–H and O–H groups in total. The van der Waals surface area contributed by atoms with Crippen LogP contribution in [-0.4, -0.2) is 11.4 Å². The van der Waals surface area contributed by atoms with E-state index in [1.807, 2.05) is 26.8 Å². The monoisotopic (exact) mass is 254 g/mol. The zero-order valence-electron chi connectivity index (χ0n) is 10.5.